The summed E-state index contributed by atoms with van der Waals surface area (Å²) >= 11 is 0. The van der Waals surface area contributed by atoms with Gasteiger partial charge >= 0.3 is 5.97 Å². The van der Waals surface area contributed by atoms with Gasteiger partial charge in [0.2, 0.25) is 0 Å². The van der Waals surface area contributed by atoms with Crippen LogP contribution in [0.3, 0.4) is 0 Å². The van der Waals surface area contributed by atoms with Gasteiger partial charge in [0.05, 0.1) is 13.7 Å². The van der Waals surface area contributed by atoms with E-state index in [1.807, 2.05) is 26.8 Å². The smallest absolute Gasteiger partial charge is 0.378 e. The maximum Gasteiger partial charge on any atom is 0.378 e. The first kappa shape index (κ1) is 17.8. The van der Waals surface area contributed by atoms with Crippen molar-refractivity contribution in [3.05, 3.63) is 34.9 Å². The highest BCUT2D eigenvalue weighted by Gasteiger charge is 2.17. The average Bonchev–Trinajstić information content (AvgIpc) is 2.46. The SMILES string of the molecule is CCOc1cc(C)c(/C(O)=C/C(=O)C(=O)OC)cc1C(C)C. The van der Waals surface area contributed by atoms with Crippen molar-refractivity contribution < 1.29 is 24.2 Å². The normalized spacial score (nSPS) is 11.5. The molecule has 1 rings (SSSR count). The van der Waals surface area contributed by atoms with E-state index in [0.717, 1.165) is 30.1 Å². The molecule has 0 fully saturated rings. The highest BCUT2D eigenvalue weighted by atomic mass is 16.5. The van der Waals surface area contributed by atoms with E-state index in [0.29, 0.717) is 12.2 Å². The minimum absolute atomic E-state index is 0.185. The Bertz CT molecular complexity index is 599. The van der Waals surface area contributed by atoms with Crippen LogP contribution in [0.25, 0.3) is 5.76 Å². The van der Waals surface area contributed by atoms with E-state index < -0.39 is 11.8 Å². The molecule has 0 heterocycles. The highest BCUT2D eigenvalue weighted by Crippen LogP contribution is 2.32. The first-order chi connectivity index (χ1) is 10.3. The van der Waals surface area contributed by atoms with Gasteiger partial charge in [0.1, 0.15) is 11.5 Å². The summed E-state index contributed by atoms with van der Waals surface area (Å²) in [7, 11) is 1.12. The van der Waals surface area contributed by atoms with Crippen LogP contribution in [0.15, 0.2) is 18.2 Å². The zero-order valence-electron chi connectivity index (χ0n) is 13.6. The molecule has 0 aliphatic carbocycles. The van der Waals surface area contributed by atoms with Crippen molar-refractivity contribution in [3.8, 4) is 5.75 Å². The Balaban J connectivity index is 3.30. The molecule has 0 atom stereocenters. The minimum atomic E-state index is -1.01. The number of hydrogen-bond acceptors (Lipinski definition) is 5. The third-order valence-corrected chi connectivity index (χ3v) is 3.21. The number of methoxy groups -OCH3 is 1. The molecule has 5 heteroatoms. The Hall–Kier alpha value is -2.30. The Labute approximate surface area is 130 Å². The minimum Gasteiger partial charge on any atom is -0.507 e. The van der Waals surface area contributed by atoms with Gasteiger partial charge in [0.15, 0.2) is 0 Å². The quantitative estimate of drug-likeness (QED) is 0.378. The number of ketones is 1. The lowest BCUT2D eigenvalue weighted by Gasteiger charge is -2.17. The van der Waals surface area contributed by atoms with Crippen molar-refractivity contribution in [2.45, 2.75) is 33.6 Å². The van der Waals surface area contributed by atoms with Crippen molar-refractivity contribution in [1.82, 2.24) is 0 Å². The molecule has 1 aromatic rings. The van der Waals surface area contributed by atoms with Crippen LogP contribution in [-0.2, 0) is 14.3 Å². The predicted octanol–water partition coefficient (Wildman–Crippen LogP) is 3.16. The van der Waals surface area contributed by atoms with E-state index in [1.54, 1.807) is 13.0 Å². The van der Waals surface area contributed by atoms with E-state index >= 15 is 0 Å². The Kier molecular flexibility index (Phi) is 6.16. The standard InChI is InChI=1S/C17H22O5/c1-6-22-16-7-11(4)13(8-12(16)10(2)3)14(18)9-15(19)17(20)21-5/h7-10,18H,6H2,1-5H3/b14-9-. The zero-order chi connectivity index (χ0) is 16.9. The maximum atomic E-state index is 11.5. The average molecular weight is 306 g/mol. The number of aryl methyl sites for hydroxylation is 1. The molecular formula is C17H22O5. The largest absolute Gasteiger partial charge is 0.507 e. The molecule has 1 aromatic carbocycles. The lowest BCUT2D eigenvalue weighted by molar-refractivity contribution is -0.149. The fourth-order valence-corrected chi connectivity index (χ4v) is 2.07. The number of carbonyl (C=O) groups is 2. The second-order valence-electron chi connectivity index (χ2n) is 5.18. The van der Waals surface area contributed by atoms with E-state index in [9.17, 15) is 14.7 Å². The van der Waals surface area contributed by atoms with Crippen molar-refractivity contribution in [1.29, 1.82) is 0 Å². The van der Waals surface area contributed by atoms with Crippen molar-refractivity contribution in [2.75, 3.05) is 13.7 Å². The molecular weight excluding hydrogens is 284 g/mol. The molecule has 0 unspecified atom stereocenters. The van der Waals surface area contributed by atoms with Gasteiger partial charge in [-0.05, 0) is 43.0 Å². The number of aliphatic hydroxyl groups is 1. The van der Waals surface area contributed by atoms with Gasteiger partial charge in [-0.3, -0.25) is 4.79 Å². The van der Waals surface area contributed by atoms with Gasteiger partial charge in [-0.2, -0.15) is 0 Å². The number of hydrogen-bond donors (Lipinski definition) is 1. The zero-order valence-corrected chi connectivity index (χ0v) is 13.6. The number of esters is 1. The van der Waals surface area contributed by atoms with Gasteiger partial charge in [-0.25, -0.2) is 4.79 Å². The summed E-state index contributed by atoms with van der Waals surface area (Å²) in [5.41, 5.74) is 2.16. The fourth-order valence-electron chi connectivity index (χ4n) is 2.07. The lowest BCUT2D eigenvalue weighted by atomic mass is 9.95. The third kappa shape index (κ3) is 4.10. The number of ether oxygens (including phenoxy) is 2. The van der Waals surface area contributed by atoms with Gasteiger partial charge in [-0.15, -0.1) is 0 Å². The molecule has 22 heavy (non-hydrogen) atoms. The van der Waals surface area contributed by atoms with Gasteiger partial charge in [-0.1, -0.05) is 13.8 Å². The number of benzene rings is 1. The van der Waals surface area contributed by atoms with Gasteiger partial charge in [0, 0.05) is 11.6 Å². The molecule has 0 saturated heterocycles. The monoisotopic (exact) mass is 306 g/mol. The van der Waals surface area contributed by atoms with Crippen molar-refractivity contribution in [3.63, 3.8) is 0 Å². The second-order valence-corrected chi connectivity index (χ2v) is 5.18. The van der Waals surface area contributed by atoms with Gasteiger partial charge < -0.3 is 14.6 Å². The predicted molar refractivity (Wildman–Crippen MR) is 84.1 cm³/mol. The van der Waals surface area contributed by atoms with E-state index in [4.69, 9.17) is 4.74 Å². The van der Waals surface area contributed by atoms with Crippen LogP contribution in [0.2, 0.25) is 0 Å². The lowest BCUT2D eigenvalue weighted by Crippen LogP contribution is -2.13. The summed E-state index contributed by atoms with van der Waals surface area (Å²) in [4.78, 5) is 22.7. The molecule has 0 aliphatic heterocycles. The molecule has 0 bridgehead atoms. The Morgan fingerprint density at radius 2 is 1.95 bits per heavy atom. The summed E-state index contributed by atoms with van der Waals surface area (Å²) < 4.78 is 9.94. The van der Waals surface area contributed by atoms with E-state index in [2.05, 4.69) is 4.74 Å². The van der Waals surface area contributed by atoms with Crippen LogP contribution in [0.5, 0.6) is 5.75 Å². The fraction of sp³-hybridized carbons (Fsp3) is 0.412. The van der Waals surface area contributed by atoms with Crippen LogP contribution in [-0.4, -0.2) is 30.6 Å². The Morgan fingerprint density at radius 3 is 2.45 bits per heavy atom. The molecule has 0 aliphatic rings. The molecule has 120 valence electrons. The topological polar surface area (TPSA) is 72.8 Å². The highest BCUT2D eigenvalue weighted by molar-refractivity contribution is 6.39. The molecule has 0 aromatic heterocycles. The number of aliphatic hydroxyl groups excluding tert-OH is 1. The maximum absolute atomic E-state index is 11.5. The van der Waals surface area contributed by atoms with Gasteiger partial charge in [0.25, 0.3) is 5.78 Å². The molecule has 5 nitrogen and oxygen atoms in total. The van der Waals surface area contributed by atoms with Crippen molar-refractivity contribution >= 4 is 17.5 Å². The molecule has 0 saturated carbocycles. The summed E-state index contributed by atoms with van der Waals surface area (Å²) in [6.45, 7) is 8.27. The second kappa shape index (κ2) is 7.64. The summed E-state index contributed by atoms with van der Waals surface area (Å²) in [6.07, 6.45) is 0.874. The van der Waals surface area contributed by atoms with Crippen LogP contribution < -0.4 is 4.74 Å². The van der Waals surface area contributed by atoms with Crippen LogP contribution >= 0.6 is 0 Å². The summed E-state index contributed by atoms with van der Waals surface area (Å²) in [5.74, 6) is -1.24. The third-order valence-electron chi connectivity index (χ3n) is 3.21. The van der Waals surface area contributed by atoms with Crippen LogP contribution in [0.4, 0.5) is 0 Å². The number of rotatable bonds is 6. The van der Waals surface area contributed by atoms with Crippen molar-refractivity contribution in [2.24, 2.45) is 0 Å². The molecule has 0 radical (unpaired) electrons. The first-order valence-electron chi connectivity index (χ1n) is 7.12. The number of carbonyl (C=O) groups excluding carboxylic acids is 2. The molecule has 0 spiro atoms. The van der Waals surface area contributed by atoms with Crippen LogP contribution in [0.1, 0.15) is 43.4 Å². The van der Waals surface area contributed by atoms with E-state index in [1.165, 1.54) is 0 Å². The van der Waals surface area contributed by atoms with Crippen LogP contribution in [0, 0.1) is 6.92 Å². The summed E-state index contributed by atoms with van der Waals surface area (Å²) in [6, 6.07) is 3.60. The molecule has 1 N–H and O–H groups in total. The Morgan fingerprint density at radius 1 is 1.32 bits per heavy atom. The first-order valence-corrected chi connectivity index (χ1v) is 7.12. The molecule has 0 amide bonds. The van der Waals surface area contributed by atoms with E-state index in [-0.39, 0.29) is 11.7 Å². The summed E-state index contributed by atoms with van der Waals surface area (Å²) in [5, 5.41) is 10.1.